The molecule has 0 atom stereocenters. The lowest BCUT2D eigenvalue weighted by molar-refractivity contribution is -0.384. The predicted molar refractivity (Wildman–Crippen MR) is 107 cm³/mol. The summed E-state index contributed by atoms with van der Waals surface area (Å²) in [7, 11) is 0. The number of nitro groups is 1. The molecule has 0 spiro atoms. The minimum Gasteiger partial charge on any atom is -0.375 e. The summed E-state index contributed by atoms with van der Waals surface area (Å²) < 4.78 is 5.57. The second kappa shape index (κ2) is 10.2. The highest BCUT2D eigenvalue weighted by molar-refractivity contribution is 5.53. The molecule has 2 aromatic rings. The number of non-ortho nitro benzene ring substituents is 1. The molecule has 0 heterocycles. The van der Waals surface area contributed by atoms with Gasteiger partial charge in [0, 0.05) is 30.9 Å². The van der Waals surface area contributed by atoms with Crippen molar-refractivity contribution >= 4 is 22.7 Å². The normalized spacial score (nSPS) is 10.9. The van der Waals surface area contributed by atoms with Crippen molar-refractivity contribution in [1.29, 1.82) is 0 Å². The number of ether oxygens (including phenoxy) is 1. The zero-order valence-corrected chi connectivity index (χ0v) is 15.7. The van der Waals surface area contributed by atoms with Crippen LogP contribution in [0.2, 0.25) is 0 Å². The van der Waals surface area contributed by atoms with E-state index in [-0.39, 0.29) is 5.69 Å². The van der Waals surface area contributed by atoms with Crippen molar-refractivity contribution in [3.05, 3.63) is 70.8 Å². The van der Waals surface area contributed by atoms with Gasteiger partial charge in [-0.1, -0.05) is 12.2 Å². The van der Waals surface area contributed by atoms with Crippen molar-refractivity contribution in [2.24, 2.45) is 10.2 Å². The van der Waals surface area contributed by atoms with Crippen molar-refractivity contribution in [1.82, 2.24) is 0 Å². The summed E-state index contributed by atoms with van der Waals surface area (Å²) in [6.45, 7) is 10.8. The van der Waals surface area contributed by atoms with Crippen LogP contribution in [-0.2, 0) is 4.74 Å². The molecule has 0 aliphatic heterocycles. The quantitative estimate of drug-likeness (QED) is 0.184. The monoisotopic (exact) mass is 368 g/mol. The maximum atomic E-state index is 10.7. The Kier molecular flexibility index (Phi) is 7.63. The van der Waals surface area contributed by atoms with Gasteiger partial charge in [-0.15, -0.1) is 0 Å². The van der Waals surface area contributed by atoms with Gasteiger partial charge in [0.1, 0.15) is 0 Å². The molecule has 0 saturated carbocycles. The first-order chi connectivity index (χ1) is 13.0. The lowest BCUT2D eigenvalue weighted by atomic mass is 10.2. The van der Waals surface area contributed by atoms with Crippen LogP contribution in [-0.4, -0.2) is 31.2 Å². The number of azo groups is 1. The van der Waals surface area contributed by atoms with Gasteiger partial charge in [-0.05, 0) is 50.2 Å². The van der Waals surface area contributed by atoms with Gasteiger partial charge in [0.25, 0.3) is 5.69 Å². The van der Waals surface area contributed by atoms with Gasteiger partial charge in [0.05, 0.1) is 29.5 Å². The average Bonchev–Trinajstić information content (AvgIpc) is 2.67. The standard InChI is InChI=1S/C20H24N4O3/c1-4-23(13-14-27-15-16(2)3)19-9-5-17(6-10-19)21-22-18-7-11-20(12-8-18)24(25)26/h5-12H,2,4,13-15H2,1,3H3. The van der Waals surface area contributed by atoms with Gasteiger partial charge in [-0.25, -0.2) is 0 Å². The lowest BCUT2D eigenvalue weighted by Gasteiger charge is -2.23. The van der Waals surface area contributed by atoms with Gasteiger partial charge in [-0.2, -0.15) is 10.2 Å². The number of hydrogen-bond donors (Lipinski definition) is 0. The molecule has 2 aromatic carbocycles. The number of nitro benzene ring substituents is 1. The van der Waals surface area contributed by atoms with Gasteiger partial charge in [0.15, 0.2) is 0 Å². The van der Waals surface area contributed by atoms with Crippen molar-refractivity contribution < 1.29 is 9.66 Å². The maximum absolute atomic E-state index is 10.7. The van der Waals surface area contributed by atoms with Crippen LogP contribution in [0.25, 0.3) is 0 Å². The minimum absolute atomic E-state index is 0.0326. The van der Waals surface area contributed by atoms with E-state index in [1.54, 1.807) is 12.1 Å². The van der Waals surface area contributed by atoms with Crippen molar-refractivity contribution in [2.75, 3.05) is 31.2 Å². The maximum Gasteiger partial charge on any atom is 0.269 e. The Morgan fingerprint density at radius 3 is 2.15 bits per heavy atom. The molecule has 0 radical (unpaired) electrons. The summed E-state index contributed by atoms with van der Waals surface area (Å²) in [5.41, 5.74) is 3.41. The van der Waals surface area contributed by atoms with Gasteiger partial charge in [0.2, 0.25) is 0 Å². The number of likely N-dealkylation sites (N-methyl/N-ethyl adjacent to an activating group) is 1. The van der Waals surface area contributed by atoms with Crippen molar-refractivity contribution in [3.63, 3.8) is 0 Å². The Morgan fingerprint density at radius 2 is 1.67 bits per heavy atom. The second-order valence-electron chi connectivity index (χ2n) is 6.08. The number of hydrogen-bond acceptors (Lipinski definition) is 6. The molecule has 27 heavy (non-hydrogen) atoms. The van der Waals surface area contributed by atoms with E-state index in [1.807, 2.05) is 31.2 Å². The number of anilines is 1. The highest BCUT2D eigenvalue weighted by atomic mass is 16.6. The largest absolute Gasteiger partial charge is 0.375 e. The predicted octanol–water partition coefficient (Wildman–Crippen LogP) is 5.43. The van der Waals surface area contributed by atoms with Crippen LogP contribution in [0.3, 0.4) is 0 Å². The number of rotatable bonds is 10. The Bertz CT molecular complexity index is 786. The third-order valence-corrected chi connectivity index (χ3v) is 3.79. The lowest BCUT2D eigenvalue weighted by Crippen LogP contribution is -2.27. The molecule has 7 heteroatoms. The molecular weight excluding hydrogens is 344 g/mol. The third kappa shape index (κ3) is 6.63. The third-order valence-electron chi connectivity index (χ3n) is 3.79. The minimum atomic E-state index is -0.442. The fourth-order valence-corrected chi connectivity index (χ4v) is 2.38. The fourth-order valence-electron chi connectivity index (χ4n) is 2.38. The van der Waals surface area contributed by atoms with Crippen LogP contribution in [0.4, 0.5) is 22.7 Å². The molecule has 0 amide bonds. The van der Waals surface area contributed by atoms with Crippen LogP contribution in [0.15, 0.2) is 70.9 Å². The summed E-state index contributed by atoms with van der Waals surface area (Å²) >= 11 is 0. The van der Waals surface area contributed by atoms with Crippen LogP contribution in [0, 0.1) is 10.1 Å². The SMILES string of the molecule is C=C(C)COCCN(CC)c1ccc(N=Nc2ccc([N+](=O)[O-])cc2)cc1. The molecule has 0 unspecified atom stereocenters. The Labute approximate surface area is 159 Å². The highest BCUT2D eigenvalue weighted by Gasteiger charge is 2.05. The van der Waals surface area contributed by atoms with E-state index < -0.39 is 4.92 Å². The molecular formula is C20H24N4O3. The van der Waals surface area contributed by atoms with Gasteiger partial charge < -0.3 is 9.64 Å². The van der Waals surface area contributed by atoms with Gasteiger partial charge >= 0.3 is 0 Å². The molecule has 0 bridgehead atoms. The van der Waals surface area contributed by atoms with Crippen molar-refractivity contribution in [2.45, 2.75) is 13.8 Å². The van der Waals surface area contributed by atoms with E-state index in [1.165, 1.54) is 12.1 Å². The highest BCUT2D eigenvalue weighted by Crippen LogP contribution is 2.23. The first kappa shape index (κ1) is 20.3. The topological polar surface area (TPSA) is 80.3 Å². The summed E-state index contributed by atoms with van der Waals surface area (Å²) in [6, 6.07) is 13.7. The molecule has 0 N–H and O–H groups in total. The summed E-state index contributed by atoms with van der Waals surface area (Å²) in [5, 5.41) is 18.9. The van der Waals surface area contributed by atoms with E-state index in [2.05, 4.69) is 28.6 Å². The Balaban J connectivity index is 1.94. The van der Waals surface area contributed by atoms with E-state index in [9.17, 15) is 10.1 Å². The van der Waals surface area contributed by atoms with E-state index in [4.69, 9.17) is 4.74 Å². The van der Waals surface area contributed by atoms with E-state index in [0.717, 1.165) is 24.4 Å². The van der Waals surface area contributed by atoms with Crippen molar-refractivity contribution in [3.8, 4) is 0 Å². The summed E-state index contributed by atoms with van der Waals surface area (Å²) in [4.78, 5) is 12.4. The first-order valence-electron chi connectivity index (χ1n) is 8.73. The zero-order valence-electron chi connectivity index (χ0n) is 15.7. The molecule has 0 fully saturated rings. The number of nitrogens with zero attached hydrogens (tertiary/aromatic N) is 4. The molecule has 0 aromatic heterocycles. The van der Waals surface area contributed by atoms with Crippen LogP contribution in [0.1, 0.15) is 13.8 Å². The van der Waals surface area contributed by atoms with Gasteiger partial charge in [-0.3, -0.25) is 10.1 Å². The van der Waals surface area contributed by atoms with Crippen LogP contribution in [0.5, 0.6) is 0 Å². The second-order valence-corrected chi connectivity index (χ2v) is 6.08. The summed E-state index contributed by atoms with van der Waals surface area (Å²) in [6.07, 6.45) is 0. The molecule has 142 valence electrons. The molecule has 0 aliphatic carbocycles. The van der Waals surface area contributed by atoms with Crippen LogP contribution < -0.4 is 4.90 Å². The summed E-state index contributed by atoms with van der Waals surface area (Å²) in [5.74, 6) is 0. The average molecular weight is 368 g/mol. The molecule has 2 rings (SSSR count). The van der Waals surface area contributed by atoms with E-state index >= 15 is 0 Å². The fraction of sp³-hybridized carbons (Fsp3) is 0.300. The van der Waals surface area contributed by atoms with Crippen LogP contribution >= 0.6 is 0 Å². The molecule has 7 nitrogen and oxygen atoms in total. The Hall–Kier alpha value is -3.06. The Morgan fingerprint density at radius 1 is 1.11 bits per heavy atom. The number of benzene rings is 2. The zero-order chi connectivity index (χ0) is 19.6. The molecule has 0 aliphatic rings. The first-order valence-corrected chi connectivity index (χ1v) is 8.73. The smallest absolute Gasteiger partial charge is 0.269 e. The van der Waals surface area contributed by atoms with E-state index in [0.29, 0.717) is 24.6 Å². The molecule has 0 saturated heterocycles.